The number of amides is 1. The smallest absolute Gasteiger partial charge is 0.337 e. The number of esters is 1. The van der Waals surface area contributed by atoms with Crippen LogP contribution in [0.3, 0.4) is 0 Å². The monoisotopic (exact) mass is 363 g/mol. The minimum absolute atomic E-state index is 0.0798. The molecule has 0 aromatic heterocycles. The van der Waals surface area contributed by atoms with E-state index in [-0.39, 0.29) is 5.57 Å². The number of hydrogen-bond acceptors (Lipinski definition) is 5. The molecule has 0 atom stereocenters. The third kappa shape index (κ3) is 4.95. The lowest BCUT2D eigenvalue weighted by molar-refractivity contribution is -0.112. The Morgan fingerprint density at radius 1 is 1.22 bits per heavy atom. The molecule has 27 heavy (non-hydrogen) atoms. The maximum atomic E-state index is 12.5. The number of aryl methyl sites for hydroxylation is 2. The topological polar surface area (TPSA) is 91.2 Å². The molecular weight excluding hydrogens is 342 g/mol. The van der Waals surface area contributed by atoms with E-state index in [2.05, 4.69) is 15.4 Å². The van der Waals surface area contributed by atoms with Crippen LogP contribution in [0.25, 0.3) is 0 Å². The van der Waals surface area contributed by atoms with E-state index in [1.165, 1.54) is 13.3 Å². The van der Waals surface area contributed by atoms with Crippen LogP contribution < -0.4 is 10.6 Å². The van der Waals surface area contributed by atoms with Crippen LogP contribution >= 0.6 is 0 Å². The highest BCUT2D eigenvalue weighted by atomic mass is 16.5. The molecular formula is C21H21N3O3. The summed E-state index contributed by atoms with van der Waals surface area (Å²) in [5.41, 5.74) is 3.50. The molecule has 6 nitrogen and oxygen atoms in total. The lowest BCUT2D eigenvalue weighted by atomic mass is 10.1. The van der Waals surface area contributed by atoms with Crippen LogP contribution in [0.1, 0.15) is 28.4 Å². The van der Waals surface area contributed by atoms with Crippen LogP contribution in [0.2, 0.25) is 0 Å². The van der Waals surface area contributed by atoms with Gasteiger partial charge in [0.1, 0.15) is 11.6 Å². The molecule has 2 N–H and O–H groups in total. The van der Waals surface area contributed by atoms with Crippen molar-refractivity contribution in [2.75, 3.05) is 17.7 Å². The number of rotatable bonds is 6. The average Bonchev–Trinajstić information content (AvgIpc) is 2.69. The van der Waals surface area contributed by atoms with Gasteiger partial charge in [0.2, 0.25) is 0 Å². The fourth-order valence-electron chi connectivity index (χ4n) is 2.54. The van der Waals surface area contributed by atoms with Gasteiger partial charge in [0.15, 0.2) is 0 Å². The molecule has 0 aliphatic heterocycles. The summed E-state index contributed by atoms with van der Waals surface area (Å²) in [6, 6.07) is 14.2. The molecule has 0 radical (unpaired) electrons. The molecule has 0 aliphatic rings. The van der Waals surface area contributed by atoms with Gasteiger partial charge in [-0.1, -0.05) is 31.2 Å². The zero-order chi connectivity index (χ0) is 19.8. The summed E-state index contributed by atoms with van der Waals surface area (Å²) in [6.07, 6.45) is 2.08. The Balaban J connectivity index is 2.18. The van der Waals surface area contributed by atoms with Gasteiger partial charge in [0.05, 0.1) is 12.7 Å². The maximum absolute atomic E-state index is 12.5. The van der Waals surface area contributed by atoms with Gasteiger partial charge in [0.25, 0.3) is 5.91 Å². The Labute approximate surface area is 158 Å². The first kappa shape index (κ1) is 19.7. The quantitative estimate of drug-likeness (QED) is 0.463. The Morgan fingerprint density at radius 2 is 1.96 bits per heavy atom. The van der Waals surface area contributed by atoms with Crippen molar-refractivity contribution in [1.29, 1.82) is 5.26 Å². The third-order valence-electron chi connectivity index (χ3n) is 4.01. The first-order chi connectivity index (χ1) is 13.0. The van der Waals surface area contributed by atoms with Crippen molar-refractivity contribution in [2.45, 2.75) is 20.3 Å². The normalized spacial score (nSPS) is 10.7. The van der Waals surface area contributed by atoms with E-state index >= 15 is 0 Å². The van der Waals surface area contributed by atoms with Crippen molar-refractivity contribution in [1.82, 2.24) is 0 Å². The minimum Gasteiger partial charge on any atom is -0.465 e. The number of nitriles is 1. The van der Waals surface area contributed by atoms with Crippen LogP contribution in [-0.4, -0.2) is 19.0 Å². The molecule has 6 heteroatoms. The summed E-state index contributed by atoms with van der Waals surface area (Å²) in [5, 5.41) is 15.0. The van der Waals surface area contributed by atoms with Crippen molar-refractivity contribution in [3.05, 3.63) is 70.9 Å². The van der Waals surface area contributed by atoms with E-state index in [1.807, 2.05) is 38.1 Å². The summed E-state index contributed by atoms with van der Waals surface area (Å²) in [6.45, 7) is 3.91. The molecule has 0 unspecified atom stereocenters. The number of para-hydroxylation sites is 1. The Bertz CT molecular complexity index is 927. The molecule has 0 saturated heterocycles. The summed E-state index contributed by atoms with van der Waals surface area (Å²) in [5.74, 6) is -0.967. The number of ether oxygens (including phenoxy) is 1. The Hall–Kier alpha value is -3.59. The van der Waals surface area contributed by atoms with E-state index in [1.54, 1.807) is 24.3 Å². The van der Waals surface area contributed by atoms with Crippen LogP contribution in [0.4, 0.5) is 11.4 Å². The largest absolute Gasteiger partial charge is 0.465 e. The second kappa shape index (κ2) is 9.20. The first-order valence-corrected chi connectivity index (χ1v) is 8.45. The molecule has 138 valence electrons. The van der Waals surface area contributed by atoms with E-state index in [9.17, 15) is 14.9 Å². The lowest BCUT2D eigenvalue weighted by Gasteiger charge is -2.12. The van der Waals surface area contributed by atoms with Gasteiger partial charge >= 0.3 is 5.97 Å². The standard InChI is InChI=1S/C21H21N3O3/c1-4-15-8-5-7-14(2)19(15)24-20(25)17(12-22)13-23-18-10-6-9-16(11-18)21(26)27-3/h5-11,13,23H,4H2,1-3H3,(H,24,25)/b17-13-. The van der Waals surface area contributed by atoms with Crippen LogP contribution in [0.5, 0.6) is 0 Å². The molecule has 0 saturated carbocycles. The van der Waals surface area contributed by atoms with Crippen molar-refractivity contribution in [3.63, 3.8) is 0 Å². The number of nitrogens with one attached hydrogen (secondary N) is 2. The van der Waals surface area contributed by atoms with Crippen LogP contribution in [-0.2, 0) is 16.0 Å². The van der Waals surface area contributed by atoms with Crippen molar-refractivity contribution < 1.29 is 14.3 Å². The van der Waals surface area contributed by atoms with Gasteiger partial charge < -0.3 is 15.4 Å². The minimum atomic E-state index is -0.502. The van der Waals surface area contributed by atoms with E-state index in [0.29, 0.717) is 11.3 Å². The summed E-state index contributed by atoms with van der Waals surface area (Å²) >= 11 is 0. The summed E-state index contributed by atoms with van der Waals surface area (Å²) < 4.78 is 4.68. The molecule has 0 aliphatic carbocycles. The van der Waals surface area contributed by atoms with Crippen molar-refractivity contribution in [2.24, 2.45) is 0 Å². The number of carbonyl (C=O) groups is 2. The molecule has 1 amide bonds. The fraction of sp³-hybridized carbons (Fsp3) is 0.190. The summed E-state index contributed by atoms with van der Waals surface area (Å²) in [4.78, 5) is 24.1. The third-order valence-corrected chi connectivity index (χ3v) is 4.01. The molecule has 2 aromatic carbocycles. The highest BCUT2D eigenvalue weighted by molar-refractivity contribution is 6.07. The lowest BCUT2D eigenvalue weighted by Crippen LogP contribution is -2.16. The number of methoxy groups -OCH3 is 1. The number of nitrogens with zero attached hydrogens (tertiary/aromatic N) is 1. The maximum Gasteiger partial charge on any atom is 0.337 e. The second-order valence-electron chi connectivity index (χ2n) is 5.80. The Kier molecular flexibility index (Phi) is 6.73. The second-order valence-corrected chi connectivity index (χ2v) is 5.80. The van der Waals surface area contributed by atoms with E-state index in [4.69, 9.17) is 0 Å². The predicted molar refractivity (Wildman–Crippen MR) is 104 cm³/mol. The summed E-state index contributed by atoms with van der Waals surface area (Å²) in [7, 11) is 1.30. The fourth-order valence-corrected chi connectivity index (χ4v) is 2.54. The van der Waals surface area contributed by atoms with Crippen LogP contribution in [0.15, 0.2) is 54.2 Å². The first-order valence-electron chi connectivity index (χ1n) is 8.45. The number of benzene rings is 2. The molecule has 0 heterocycles. The van der Waals surface area contributed by atoms with Crippen molar-refractivity contribution in [3.8, 4) is 6.07 Å². The molecule has 0 spiro atoms. The van der Waals surface area contributed by atoms with E-state index in [0.717, 1.165) is 23.2 Å². The number of hydrogen-bond donors (Lipinski definition) is 2. The predicted octanol–water partition coefficient (Wildman–Crippen LogP) is 3.80. The zero-order valence-corrected chi connectivity index (χ0v) is 15.5. The Morgan fingerprint density at radius 3 is 2.63 bits per heavy atom. The van der Waals surface area contributed by atoms with Gasteiger partial charge in [0, 0.05) is 17.6 Å². The van der Waals surface area contributed by atoms with Crippen LogP contribution in [0, 0.1) is 18.3 Å². The van der Waals surface area contributed by atoms with Gasteiger partial charge in [-0.3, -0.25) is 4.79 Å². The van der Waals surface area contributed by atoms with Gasteiger partial charge in [-0.25, -0.2) is 4.79 Å². The SMILES string of the molecule is CCc1cccc(C)c1NC(=O)/C(C#N)=C\Nc1cccc(C(=O)OC)c1. The average molecular weight is 363 g/mol. The van der Waals surface area contributed by atoms with Gasteiger partial charge in [-0.15, -0.1) is 0 Å². The number of anilines is 2. The molecule has 2 rings (SSSR count). The molecule has 0 fully saturated rings. The number of carbonyl (C=O) groups excluding carboxylic acids is 2. The molecule has 0 bridgehead atoms. The van der Waals surface area contributed by atoms with Crippen molar-refractivity contribution >= 4 is 23.3 Å². The van der Waals surface area contributed by atoms with Gasteiger partial charge in [-0.05, 0) is 42.7 Å². The van der Waals surface area contributed by atoms with Gasteiger partial charge in [-0.2, -0.15) is 5.26 Å². The van der Waals surface area contributed by atoms with E-state index < -0.39 is 11.9 Å². The zero-order valence-electron chi connectivity index (χ0n) is 15.5. The molecule has 2 aromatic rings. The highest BCUT2D eigenvalue weighted by Crippen LogP contribution is 2.21. The highest BCUT2D eigenvalue weighted by Gasteiger charge is 2.13.